The Kier molecular flexibility index (Phi) is 6.01. The number of rotatable bonds is 6. The van der Waals surface area contributed by atoms with Crippen LogP contribution < -0.4 is 5.32 Å². The van der Waals surface area contributed by atoms with Crippen molar-refractivity contribution in [2.24, 2.45) is 0 Å². The number of nitrogens with one attached hydrogen (secondary N) is 1. The van der Waals surface area contributed by atoms with Gasteiger partial charge in [-0.1, -0.05) is 6.92 Å². The molecule has 1 aliphatic rings. The van der Waals surface area contributed by atoms with E-state index in [1.165, 1.54) is 0 Å². The van der Waals surface area contributed by atoms with E-state index < -0.39 is 11.9 Å². The predicted octanol–water partition coefficient (Wildman–Crippen LogP) is 3.77. The largest absolute Gasteiger partial charge is 0.434 e. The molecule has 1 fully saturated rings. The lowest BCUT2D eigenvalue weighted by Crippen LogP contribution is -2.21. The number of ether oxygens (including phenoxy) is 1. The van der Waals surface area contributed by atoms with Crippen LogP contribution in [0.3, 0.4) is 0 Å². The van der Waals surface area contributed by atoms with Gasteiger partial charge < -0.3 is 10.1 Å². The van der Waals surface area contributed by atoms with E-state index in [2.05, 4.69) is 10.3 Å². The summed E-state index contributed by atoms with van der Waals surface area (Å²) in [7, 11) is 0. The lowest BCUT2D eigenvalue weighted by Gasteiger charge is -2.21. The topological polar surface area (TPSA) is 34.1 Å². The summed E-state index contributed by atoms with van der Waals surface area (Å²) in [6.45, 7) is 3.62. The molecule has 0 amide bonds. The van der Waals surface area contributed by atoms with Crippen molar-refractivity contribution in [3.63, 3.8) is 0 Å². The van der Waals surface area contributed by atoms with Gasteiger partial charge in [0.05, 0.1) is 16.0 Å². The Hall–Kier alpha value is -0.660. The molecule has 3 nitrogen and oxygen atoms in total. The van der Waals surface area contributed by atoms with E-state index in [0.717, 1.165) is 37.0 Å². The molecule has 0 radical (unpaired) electrons. The van der Waals surface area contributed by atoms with Crippen molar-refractivity contribution in [2.45, 2.75) is 57.9 Å². The molecule has 1 aromatic heterocycles. The van der Waals surface area contributed by atoms with Crippen molar-refractivity contribution in [3.05, 3.63) is 15.6 Å². The van der Waals surface area contributed by atoms with E-state index in [-0.39, 0.29) is 17.5 Å². The lowest BCUT2D eigenvalue weighted by atomic mass is 10.1. The molecule has 2 heterocycles. The molecule has 1 unspecified atom stereocenters. The zero-order valence-corrected chi connectivity index (χ0v) is 12.9. The van der Waals surface area contributed by atoms with Crippen molar-refractivity contribution in [3.8, 4) is 0 Å². The van der Waals surface area contributed by atoms with Crippen LogP contribution in [-0.4, -0.2) is 24.2 Å². The Morgan fingerprint density at radius 3 is 2.81 bits per heavy atom. The van der Waals surface area contributed by atoms with Crippen molar-refractivity contribution < 1.29 is 17.9 Å². The number of alkyl halides is 3. The molecule has 1 saturated heterocycles. The van der Waals surface area contributed by atoms with Crippen LogP contribution in [0.25, 0.3) is 0 Å². The van der Waals surface area contributed by atoms with Gasteiger partial charge in [0, 0.05) is 19.6 Å². The fourth-order valence-electron chi connectivity index (χ4n) is 2.37. The first kappa shape index (κ1) is 16.7. The number of aromatic nitrogens is 1. The summed E-state index contributed by atoms with van der Waals surface area (Å²) in [4.78, 5) is 4.11. The van der Waals surface area contributed by atoms with E-state index in [0.29, 0.717) is 24.6 Å². The first-order valence-corrected chi connectivity index (χ1v) is 8.20. The minimum Gasteiger partial charge on any atom is -0.378 e. The third-order valence-electron chi connectivity index (χ3n) is 3.40. The predicted molar refractivity (Wildman–Crippen MR) is 76.4 cm³/mol. The highest BCUT2D eigenvalue weighted by molar-refractivity contribution is 7.11. The third kappa shape index (κ3) is 4.93. The molecule has 0 aliphatic carbocycles. The maximum Gasteiger partial charge on any atom is 0.434 e. The normalized spacial score (nSPS) is 19.9. The molecule has 1 N–H and O–H groups in total. The summed E-state index contributed by atoms with van der Waals surface area (Å²) in [6.07, 6.45) is 0.0317. The van der Waals surface area contributed by atoms with Gasteiger partial charge >= 0.3 is 6.18 Å². The van der Waals surface area contributed by atoms with Gasteiger partial charge in [-0.25, -0.2) is 4.98 Å². The third-order valence-corrected chi connectivity index (χ3v) is 4.48. The standard InChI is InChI=1S/C14H21F3N2OS/c1-2-6-18-9-11-13(14(15,16)17)19-12(21-11)8-10-5-3-4-7-20-10/h10,18H,2-9H2,1H3. The monoisotopic (exact) mass is 322 g/mol. The SMILES string of the molecule is CCCNCc1sc(CC2CCCCO2)nc1C(F)(F)F. The van der Waals surface area contributed by atoms with Gasteiger partial charge in [-0.15, -0.1) is 11.3 Å². The molecular formula is C14H21F3N2OS. The summed E-state index contributed by atoms with van der Waals surface area (Å²) in [6, 6.07) is 0. The van der Waals surface area contributed by atoms with Crippen LogP contribution in [0.5, 0.6) is 0 Å². The zero-order valence-electron chi connectivity index (χ0n) is 12.1. The van der Waals surface area contributed by atoms with E-state index in [1.54, 1.807) is 0 Å². The summed E-state index contributed by atoms with van der Waals surface area (Å²) in [5.41, 5.74) is -0.734. The maximum atomic E-state index is 13.0. The average Bonchev–Trinajstić information content (AvgIpc) is 2.83. The van der Waals surface area contributed by atoms with Gasteiger partial charge in [-0.3, -0.25) is 0 Å². The molecule has 120 valence electrons. The van der Waals surface area contributed by atoms with Crippen LogP contribution >= 0.6 is 11.3 Å². The second-order valence-electron chi connectivity index (χ2n) is 5.25. The molecule has 1 aromatic rings. The van der Waals surface area contributed by atoms with Gasteiger partial charge in [0.1, 0.15) is 0 Å². The van der Waals surface area contributed by atoms with Crippen LogP contribution in [0, 0.1) is 0 Å². The zero-order chi connectivity index (χ0) is 15.3. The van der Waals surface area contributed by atoms with Crippen LogP contribution in [-0.2, 0) is 23.9 Å². The minimum atomic E-state index is -4.38. The van der Waals surface area contributed by atoms with E-state index in [4.69, 9.17) is 4.74 Å². The molecule has 1 aliphatic heterocycles. The lowest BCUT2D eigenvalue weighted by molar-refractivity contribution is -0.141. The quantitative estimate of drug-likeness (QED) is 0.810. The van der Waals surface area contributed by atoms with Crippen molar-refractivity contribution in [1.29, 1.82) is 0 Å². The smallest absolute Gasteiger partial charge is 0.378 e. The van der Waals surface area contributed by atoms with Gasteiger partial charge in [-0.05, 0) is 32.2 Å². The van der Waals surface area contributed by atoms with Crippen LogP contribution in [0.1, 0.15) is 48.2 Å². The van der Waals surface area contributed by atoms with Gasteiger partial charge in [0.15, 0.2) is 5.69 Å². The Balaban J connectivity index is 2.07. The van der Waals surface area contributed by atoms with Gasteiger partial charge in [-0.2, -0.15) is 13.2 Å². The number of nitrogens with zero attached hydrogens (tertiary/aromatic N) is 1. The molecule has 7 heteroatoms. The number of halogens is 3. The van der Waals surface area contributed by atoms with E-state index in [1.807, 2.05) is 6.92 Å². The highest BCUT2D eigenvalue weighted by Crippen LogP contribution is 2.35. The molecular weight excluding hydrogens is 301 g/mol. The van der Waals surface area contributed by atoms with Crippen LogP contribution in [0.4, 0.5) is 13.2 Å². The summed E-state index contributed by atoms with van der Waals surface area (Å²) >= 11 is 1.16. The maximum absolute atomic E-state index is 13.0. The van der Waals surface area contributed by atoms with Crippen molar-refractivity contribution in [1.82, 2.24) is 10.3 Å². The summed E-state index contributed by atoms with van der Waals surface area (Å²) < 4.78 is 44.7. The Bertz CT molecular complexity index is 442. The first-order valence-electron chi connectivity index (χ1n) is 7.38. The highest BCUT2D eigenvalue weighted by atomic mass is 32.1. The highest BCUT2D eigenvalue weighted by Gasteiger charge is 2.37. The molecule has 0 spiro atoms. The molecule has 0 aromatic carbocycles. The van der Waals surface area contributed by atoms with Gasteiger partial charge in [0.25, 0.3) is 0 Å². The second-order valence-corrected chi connectivity index (χ2v) is 6.41. The Morgan fingerprint density at radius 1 is 1.38 bits per heavy atom. The van der Waals surface area contributed by atoms with Gasteiger partial charge in [0.2, 0.25) is 0 Å². The number of hydrogen-bond acceptors (Lipinski definition) is 4. The first-order chi connectivity index (χ1) is 10.0. The van der Waals surface area contributed by atoms with Crippen molar-refractivity contribution >= 4 is 11.3 Å². The number of hydrogen-bond donors (Lipinski definition) is 1. The fraction of sp³-hybridized carbons (Fsp3) is 0.786. The minimum absolute atomic E-state index is 0.0161. The molecule has 0 bridgehead atoms. The summed E-state index contributed by atoms with van der Waals surface area (Å²) in [5, 5.41) is 3.55. The second kappa shape index (κ2) is 7.56. The molecule has 2 rings (SSSR count). The molecule has 0 saturated carbocycles. The van der Waals surface area contributed by atoms with Crippen LogP contribution in [0.2, 0.25) is 0 Å². The molecule has 1 atom stereocenters. The van der Waals surface area contributed by atoms with E-state index in [9.17, 15) is 13.2 Å². The number of thiazole rings is 1. The van der Waals surface area contributed by atoms with Crippen molar-refractivity contribution in [2.75, 3.05) is 13.2 Å². The Morgan fingerprint density at radius 2 is 2.19 bits per heavy atom. The summed E-state index contributed by atoms with van der Waals surface area (Å²) in [5.74, 6) is 0. The van der Waals surface area contributed by atoms with Crippen LogP contribution in [0.15, 0.2) is 0 Å². The molecule has 21 heavy (non-hydrogen) atoms. The fourth-order valence-corrected chi connectivity index (χ4v) is 3.49. The van der Waals surface area contributed by atoms with E-state index >= 15 is 0 Å². The average molecular weight is 322 g/mol. The Labute approximate surface area is 126 Å².